The second-order valence-corrected chi connectivity index (χ2v) is 8.74. The molecule has 0 unspecified atom stereocenters. The number of rotatable bonds is 7. The lowest BCUT2D eigenvalue weighted by Gasteiger charge is -2.34. The molecule has 0 atom stereocenters. The van der Waals surface area contributed by atoms with E-state index in [1.165, 1.54) is 11.1 Å². The van der Waals surface area contributed by atoms with E-state index in [0.717, 1.165) is 45.3 Å². The number of amides is 1. The Morgan fingerprint density at radius 3 is 2.13 bits per heavy atom. The molecule has 1 saturated heterocycles. The van der Waals surface area contributed by atoms with Crippen molar-refractivity contribution in [3.05, 3.63) is 83.7 Å². The van der Waals surface area contributed by atoms with Gasteiger partial charge in [-0.05, 0) is 36.8 Å². The summed E-state index contributed by atoms with van der Waals surface area (Å²) >= 11 is 0. The SMILES string of the molecule is O=C(NC1CC1)c1cn(C2CCN(CC(c3ccccc3)c3ccccc3)CC2)nn1. The van der Waals surface area contributed by atoms with Gasteiger partial charge in [0.05, 0.1) is 12.2 Å². The van der Waals surface area contributed by atoms with Gasteiger partial charge in [0.25, 0.3) is 5.91 Å². The molecule has 2 aromatic carbocycles. The summed E-state index contributed by atoms with van der Waals surface area (Å²) in [6.07, 6.45) is 6.00. The molecule has 1 N–H and O–H groups in total. The van der Waals surface area contributed by atoms with Gasteiger partial charge in [0.2, 0.25) is 0 Å². The molecule has 0 spiro atoms. The first kappa shape index (κ1) is 19.9. The third-order valence-electron chi connectivity index (χ3n) is 6.43. The maximum Gasteiger partial charge on any atom is 0.273 e. The Labute approximate surface area is 183 Å². The normalized spacial score (nSPS) is 17.7. The van der Waals surface area contributed by atoms with Crippen molar-refractivity contribution in [3.8, 4) is 0 Å². The largest absolute Gasteiger partial charge is 0.348 e. The lowest BCUT2D eigenvalue weighted by atomic mass is 9.90. The number of hydrogen-bond acceptors (Lipinski definition) is 4. The van der Waals surface area contributed by atoms with Crippen molar-refractivity contribution in [2.24, 2.45) is 0 Å². The fraction of sp³-hybridized carbons (Fsp3) is 0.400. The first-order valence-corrected chi connectivity index (χ1v) is 11.3. The number of carbonyl (C=O) groups is 1. The third kappa shape index (κ3) is 4.85. The van der Waals surface area contributed by atoms with E-state index in [1.807, 2.05) is 10.9 Å². The highest BCUT2D eigenvalue weighted by Crippen LogP contribution is 2.29. The second kappa shape index (κ2) is 9.02. The van der Waals surface area contributed by atoms with Gasteiger partial charge >= 0.3 is 0 Å². The quantitative estimate of drug-likeness (QED) is 0.640. The van der Waals surface area contributed by atoms with Crippen LogP contribution in [0.15, 0.2) is 66.9 Å². The fourth-order valence-electron chi connectivity index (χ4n) is 4.44. The molecule has 3 aromatic rings. The van der Waals surface area contributed by atoms with Crippen LogP contribution < -0.4 is 5.32 Å². The Balaban J connectivity index is 1.21. The van der Waals surface area contributed by atoms with E-state index >= 15 is 0 Å². The number of aromatic nitrogens is 3. The summed E-state index contributed by atoms with van der Waals surface area (Å²) in [4.78, 5) is 14.8. The molecule has 1 aliphatic heterocycles. The lowest BCUT2D eigenvalue weighted by molar-refractivity contribution is 0.0946. The van der Waals surface area contributed by atoms with Crippen molar-refractivity contribution in [1.29, 1.82) is 0 Å². The van der Waals surface area contributed by atoms with E-state index in [0.29, 0.717) is 23.7 Å². The molecule has 160 valence electrons. The van der Waals surface area contributed by atoms with Crippen LogP contribution in [0, 0.1) is 0 Å². The summed E-state index contributed by atoms with van der Waals surface area (Å²) in [5.41, 5.74) is 3.15. The summed E-state index contributed by atoms with van der Waals surface area (Å²) in [5.74, 6) is 0.266. The summed E-state index contributed by atoms with van der Waals surface area (Å²) in [5, 5.41) is 11.3. The molecule has 1 saturated carbocycles. The van der Waals surface area contributed by atoms with Crippen molar-refractivity contribution in [1.82, 2.24) is 25.2 Å². The zero-order valence-corrected chi connectivity index (χ0v) is 17.7. The predicted molar refractivity (Wildman–Crippen MR) is 120 cm³/mol. The molecule has 1 aliphatic carbocycles. The number of piperidine rings is 1. The van der Waals surface area contributed by atoms with Crippen molar-refractivity contribution in [2.75, 3.05) is 19.6 Å². The molecule has 2 heterocycles. The molecule has 0 radical (unpaired) electrons. The maximum absolute atomic E-state index is 12.2. The average molecular weight is 416 g/mol. The number of nitrogens with one attached hydrogen (secondary N) is 1. The Morgan fingerprint density at radius 1 is 0.935 bits per heavy atom. The standard InChI is InChI=1S/C25H29N5O/c31-25(26-21-11-12-21)24-18-30(28-27-24)22-13-15-29(16-14-22)17-23(19-7-3-1-4-8-19)20-9-5-2-6-10-20/h1-10,18,21-23H,11-17H2,(H,26,31). The first-order valence-electron chi connectivity index (χ1n) is 11.3. The van der Waals surface area contributed by atoms with Crippen LogP contribution in [0.3, 0.4) is 0 Å². The molecule has 6 heteroatoms. The van der Waals surface area contributed by atoms with E-state index < -0.39 is 0 Å². The highest BCUT2D eigenvalue weighted by atomic mass is 16.2. The average Bonchev–Trinajstić information content (AvgIpc) is 3.50. The van der Waals surface area contributed by atoms with Crippen LogP contribution in [-0.2, 0) is 0 Å². The van der Waals surface area contributed by atoms with Gasteiger partial charge in [-0.25, -0.2) is 4.68 Å². The Hall–Kier alpha value is -2.99. The minimum absolute atomic E-state index is 0.0975. The van der Waals surface area contributed by atoms with Crippen LogP contribution in [0.4, 0.5) is 0 Å². The van der Waals surface area contributed by atoms with Crippen LogP contribution in [-0.4, -0.2) is 51.5 Å². The van der Waals surface area contributed by atoms with Crippen LogP contribution in [0.1, 0.15) is 59.3 Å². The smallest absolute Gasteiger partial charge is 0.273 e. The van der Waals surface area contributed by atoms with Gasteiger partial charge < -0.3 is 10.2 Å². The molecule has 0 bridgehead atoms. The number of carbonyl (C=O) groups excluding carboxylic acids is 1. The van der Waals surface area contributed by atoms with Crippen LogP contribution in [0.25, 0.3) is 0 Å². The highest BCUT2D eigenvalue weighted by Gasteiger charge is 2.27. The zero-order valence-electron chi connectivity index (χ0n) is 17.7. The molecule has 5 rings (SSSR count). The highest BCUT2D eigenvalue weighted by molar-refractivity contribution is 5.92. The second-order valence-electron chi connectivity index (χ2n) is 8.74. The molecular formula is C25H29N5O. The van der Waals surface area contributed by atoms with Crippen molar-refractivity contribution in [3.63, 3.8) is 0 Å². The number of likely N-dealkylation sites (tertiary alicyclic amines) is 1. The van der Waals surface area contributed by atoms with E-state index in [2.05, 4.69) is 81.2 Å². The van der Waals surface area contributed by atoms with Gasteiger partial charge in [-0.3, -0.25) is 4.79 Å². The van der Waals surface area contributed by atoms with Gasteiger partial charge in [-0.2, -0.15) is 0 Å². The Kier molecular flexibility index (Phi) is 5.80. The van der Waals surface area contributed by atoms with E-state index in [1.54, 1.807) is 0 Å². The van der Waals surface area contributed by atoms with Gasteiger partial charge in [0, 0.05) is 31.6 Å². The molecular weight excluding hydrogens is 386 g/mol. The molecule has 1 amide bonds. The minimum Gasteiger partial charge on any atom is -0.348 e. The Bertz CT molecular complexity index is 952. The van der Waals surface area contributed by atoms with Crippen LogP contribution in [0.2, 0.25) is 0 Å². The molecule has 31 heavy (non-hydrogen) atoms. The van der Waals surface area contributed by atoms with Crippen LogP contribution >= 0.6 is 0 Å². The molecule has 6 nitrogen and oxygen atoms in total. The summed E-state index contributed by atoms with van der Waals surface area (Å²) in [7, 11) is 0. The van der Waals surface area contributed by atoms with Crippen molar-refractivity contribution in [2.45, 2.75) is 43.7 Å². The van der Waals surface area contributed by atoms with Gasteiger partial charge in [0.1, 0.15) is 0 Å². The number of nitrogens with zero attached hydrogens (tertiary/aromatic N) is 4. The molecule has 2 fully saturated rings. The van der Waals surface area contributed by atoms with E-state index in [4.69, 9.17) is 0 Å². The number of benzene rings is 2. The monoisotopic (exact) mass is 415 g/mol. The lowest BCUT2D eigenvalue weighted by Crippen LogP contribution is -2.37. The third-order valence-corrected chi connectivity index (χ3v) is 6.43. The zero-order chi connectivity index (χ0) is 21.0. The summed E-state index contributed by atoms with van der Waals surface area (Å²) in [6, 6.07) is 22.2. The topological polar surface area (TPSA) is 63.1 Å². The summed E-state index contributed by atoms with van der Waals surface area (Å²) < 4.78 is 1.89. The number of hydrogen-bond donors (Lipinski definition) is 1. The van der Waals surface area contributed by atoms with Gasteiger partial charge in [-0.15, -0.1) is 5.10 Å². The minimum atomic E-state index is -0.0975. The van der Waals surface area contributed by atoms with Crippen molar-refractivity contribution < 1.29 is 4.79 Å². The van der Waals surface area contributed by atoms with E-state index in [9.17, 15) is 4.79 Å². The molecule has 1 aromatic heterocycles. The van der Waals surface area contributed by atoms with Gasteiger partial charge in [-0.1, -0.05) is 65.9 Å². The summed E-state index contributed by atoms with van der Waals surface area (Å²) in [6.45, 7) is 3.04. The maximum atomic E-state index is 12.2. The first-order chi connectivity index (χ1) is 15.3. The Morgan fingerprint density at radius 2 is 1.55 bits per heavy atom. The fourth-order valence-corrected chi connectivity index (χ4v) is 4.44. The van der Waals surface area contributed by atoms with Crippen molar-refractivity contribution >= 4 is 5.91 Å². The van der Waals surface area contributed by atoms with Crippen LogP contribution in [0.5, 0.6) is 0 Å². The van der Waals surface area contributed by atoms with Gasteiger partial charge in [0.15, 0.2) is 5.69 Å². The predicted octanol–water partition coefficient (Wildman–Crippen LogP) is 3.64. The molecule has 2 aliphatic rings. The van der Waals surface area contributed by atoms with E-state index in [-0.39, 0.29) is 5.91 Å².